The summed E-state index contributed by atoms with van der Waals surface area (Å²) in [5.74, 6) is 2.05. The van der Waals surface area contributed by atoms with Crippen LogP contribution in [0.15, 0.2) is 66.7 Å². The number of carbonyl (C=O) groups excluding carboxylic acids is 1. The van der Waals surface area contributed by atoms with Crippen LogP contribution in [0.2, 0.25) is 0 Å². The molecule has 0 aliphatic heterocycles. The summed E-state index contributed by atoms with van der Waals surface area (Å²) in [4.78, 5) is 20.5. The maximum atomic E-state index is 12.6. The van der Waals surface area contributed by atoms with Crippen molar-refractivity contribution in [3.8, 4) is 11.5 Å². The number of nitrogens with one attached hydrogen (secondary N) is 1. The van der Waals surface area contributed by atoms with Crippen molar-refractivity contribution in [1.82, 2.24) is 9.97 Å². The molecule has 1 N–H and O–H groups in total. The Balaban J connectivity index is 1.59. The molecule has 1 aromatic heterocycles. The number of ketones is 1. The third-order valence-corrected chi connectivity index (χ3v) is 4.64. The molecular weight excluding hydrogens is 364 g/mol. The van der Waals surface area contributed by atoms with Crippen LogP contribution in [0.3, 0.4) is 0 Å². The molecule has 0 radical (unpaired) electrons. The molecule has 0 spiro atoms. The van der Waals surface area contributed by atoms with E-state index in [-0.39, 0.29) is 5.78 Å². The van der Waals surface area contributed by atoms with E-state index in [1.807, 2.05) is 78.9 Å². The van der Waals surface area contributed by atoms with Gasteiger partial charge in [-0.25, -0.2) is 4.98 Å². The number of benzene rings is 3. The van der Waals surface area contributed by atoms with Gasteiger partial charge in [0.2, 0.25) is 0 Å². The van der Waals surface area contributed by atoms with Gasteiger partial charge >= 0.3 is 0 Å². The van der Waals surface area contributed by atoms with Gasteiger partial charge < -0.3 is 14.5 Å². The number of aromatic amines is 1. The number of aromatic nitrogens is 2. The van der Waals surface area contributed by atoms with E-state index in [2.05, 4.69) is 9.97 Å². The van der Waals surface area contributed by atoms with E-state index < -0.39 is 0 Å². The maximum Gasteiger partial charge on any atom is 0.193 e. The molecule has 3 aromatic carbocycles. The summed E-state index contributed by atoms with van der Waals surface area (Å²) in [7, 11) is 3.22. The van der Waals surface area contributed by atoms with Gasteiger partial charge in [0.25, 0.3) is 0 Å². The van der Waals surface area contributed by atoms with Crippen LogP contribution in [0, 0.1) is 0 Å². The maximum absolute atomic E-state index is 12.6. The number of rotatable bonds is 6. The molecule has 0 aliphatic rings. The Morgan fingerprint density at radius 2 is 1.66 bits per heavy atom. The Morgan fingerprint density at radius 1 is 0.862 bits per heavy atom. The number of imidazole rings is 1. The Labute approximate surface area is 168 Å². The molecule has 4 rings (SSSR count). The quantitative estimate of drug-likeness (QED) is 0.476. The topological polar surface area (TPSA) is 64.2 Å². The molecule has 5 nitrogen and oxygen atoms in total. The monoisotopic (exact) mass is 384 g/mol. The highest BCUT2D eigenvalue weighted by Crippen LogP contribution is 2.28. The van der Waals surface area contributed by atoms with Crippen LogP contribution in [0.25, 0.3) is 23.2 Å². The number of ether oxygens (including phenoxy) is 2. The van der Waals surface area contributed by atoms with Crippen LogP contribution >= 0.6 is 0 Å². The molecule has 4 aromatic rings. The van der Waals surface area contributed by atoms with Gasteiger partial charge in [-0.15, -0.1) is 0 Å². The zero-order chi connectivity index (χ0) is 20.2. The van der Waals surface area contributed by atoms with Crippen LogP contribution in [-0.4, -0.2) is 30.0 Å². The lowest BCUT2D eigenvalue weighted by atomic mass is 10.0. The number of fused-ring (bicyclic) bond motifs is 1. The lowest BCUT2D eigenvalue weighted by molar-refractivity contribution is 0.103. The highest BCUT2D eigenvalue weighted by atomic mass is 16.5. The van der Waals surface area contributed by atoms with E-state index in [1.54, 1.807) is 14.2 Å². The van der Waals surface area contributed by atoms with Gasteiger partial charge in [0.05, 0.1) is 25.3 Å². The van der Waals surface area contributed by atoms with Crippen LogP contribution in [0.4, 0.5) is 0 Å². The highest BCUT2D eigenvalue weighted by molar-refractivity contribution is 6.10. The molecule has 144 valence electrons. The van der Waals surface area contributed by atoms with E-state index in [4.69, 9.17) is 9.47 Å². The lowest BCUT2D eigenvalue weighted by Gasteiger charge is -2.07. The molecule has 0 aliphatic carbocycles. The average molecular weight is 384 g/mol. The summed E-state index contributed by atoms with van der Waals surface area (Å²) in [6.07, 6.45) is 3.83. The molecule has 0 saturated carbocycles. The first kappa shape index (κ1) is 18.5. The first-order valence-corrected chi connectivity index (χ1v) is 9.17. The summed E-state index contributed by atoms with van der Waals surface area (Å²) in [6, 6.07) is 20.4. The van der Waals surface area contributed by atoms with Crippen molar-refractivity contribution < 1.29 is 14.3 Å². The van der Waals surface area contributed by atoms with Gasteiger partial charge in [-0.3, -0.25) is 4.79 Å². The second-order valence-corrected chi connectivity index (χ2v) is 6.50. The summed E-state index contributed by atoms with van der Waals surface area (Å²) in [6.45, 7) is 0. The standard InChI is InChI=1S/C24H20N2O3/c1-28-21-12-8-16(14-22(21)29-2)9-13-23-25-19-11-10-18(15-20(19)26-23)24(27)17-6-4-3-5-7-17/h3-15H,1-2H3,(H,25,26)/b13-9+. The van der Waals surface area contributed by atoms with Gasteiger partial charge in [-0.05, 0) is 42.0 Å². The molecule has 1 heterocycles. The van der Waals surface area contributed by atoms with E-state index in [1.165, 1.54) is 0 Å². The molecule has 0 unspecified atom stereocenters. The molecule has 0 fully saturated rings. The predicted molar refractivity (Wildman–Crippen MR) is 114 cm³/mol. The fourth-order valence-corrected chi connectivity index (χ4v) is 3.13. The SMILES string of the molecule is COc1ccc(/C=C/c2nc3cc(C(=O)c4ccccc4)ccc3[nH]2)cc1OC. The molecular formula is C24H20N2O3. The van der Waals surface area contributed by atoms with Gasteiger partial charge in [0, 0.05) is 11.1 Å². The van der Waals surface area contributed by atoms with Crippen molar-refractivity contribution in [2.24, 2.45) is 0 Å². The van der Waals surface area contributed by atoms with Crippen molar-refractivity contribution in [3.05, 3.63) is 89.2 Å². The van der Waals surface area contributed by atoms with E-state index in [9.17, 15) is 4.79 Å². The summed E-state index contributed by atoms with van der Waals surface area (Å²) < 4.78 is 10.6. The largest absolute Gasteiger partial charge is 0.493 e. The number of hydrogen-bond acceptors (Lipinski definition) is 4. The average Bonchev–Trinajstić information content (AvgIpc) is 3.19. The molecule has 0 amide bonds. The third kappa shape index (κ3) is 3.89. The van der Waals surface area contributed by atoms with Crippen molar-refractivity contribution >= 4 is 29.0 Å². The summed E-state index contributed by atoms with van der Waals surface area (Å²) in [5, 5.41) is 0. The zero-order valence-corrected chi connectivity index (χ0v) is 16.2. The fraction of sp³-hybridized carbons (Fsp3) is 0.0833. The van der Waals surface area contributed by atoms with Gasteiger partial charge in [-0.1, -0.05) is 42.5 Å². The van der Waals surface area contributed by atoms with Crippen LogP contribution < -0.4 is 9.47 Å². The van der Waals surface area contributed by atoms with E-state index in [0.717, 1.165) is 16.6 Å². The normalized spacial score (nSPS) is 11.1. The zero-order valence-electron chi connectivity index (χ0n) is 16.2. The second-order valence-electron chi connectivity index (χ2n) is 6.50. The lowest BCUT2D eigenvalue weighted by Crippen LogP contribution is -2.00. The van der Waals surface area contributed by atoms with E-state index in [0.29, 0.717) is 28.5 Å². The van der Waals surface area contributed by atoms with E-state index >= 15 is 0 Å². The summed E-state index contributed by atoms with van der Waals surface area (Å²) >= 11 is 0. The fourth-order valence-electron chi connectivity index (χ4n) is 3.13. The number of methoxy groups -OCH3 is 2. The Morgan fingerprint density at radius 3 is 2.41 bits per heavy atom. The van der Waals surface area contributed by atoms with Crippen molar-refractivity contribution in [1.29, 1.82) is 0 Å². The molecule has 0 bridgehead atoms. The number of carbonyl (C=O) groups is 1. The van der Waals surface area contributed by atoms with Crippen molar-refractivity contribution in [2.45, 2.75) is 0 Å². The van der Waals surface area contributed by atoms with Crippen LogP contribution in [0.1, 0.15) is 27.3 Å². The smallest absolute Gasteiger partial charge is 0.193 e. The minimum atomic E-state index is -0.0158. The van der Waals surface area contributed by atoms with Gasteiger partial charge in [0.1, 0.15) is 5.82 Å². The minimum absolute atomic E-state index is 0.0158. The Bertz CT molecular complexity index is 1190. The first-order valence-electron chi connectivity index (χ1n) is 9.17. The molecule has 0 atom stereocenters. The number of nitrogens with zero attached hydrogens (tertiary/aromatic N) is 1. The van der Waals surface area contributed by atoms with Gasteiger partial charge in [-0.2, -0.15) is 0 Å². The Hall–Kier alpha value is -3.86. The third-order valence-electron chi connectivity index (χ3n) is 4.64. The van der Waals surface area contributed by atoms with Crippen LogP contribution in [0.5, 0.6) is 11.5 Å². The van der Waals surface area contributed by atoms with Crippen molar-refractivity contribution in [3.63, 3.8) is 0 Å². The Kier molecular flexibility index (Phi) is 5.12. The van der Waals surface area contributed by atoms with Crippen LogP contribution in [-0.2, 0) is 0 Å². The van der Waals surface area contributed by atoms with Gasteiger partial charge in [0.15, 0.2) is 17.3 Å². The number of H-pyrrole nitrogens is 1. The predicted octanol–water partition coefficient (Wildman–Crippen LogP) is 4.98. The first-order chi connectivity index (χ1) is 14.2. The molecule has 0 saturated heterocycles. The second kappa shape index (κ2) is 8.02. The summed E-state index contributed by atoms with van der Waals surface area (Å²) in [5.41, 5.74) is 3.87. The minimum Gasteiger partial charge on any atom is -0.493 e. The van der Waals surface area contributed by atoms with Crippen molar-refractivity contribution in [2.75, 3.05) is 14.2 Å². The number of hydrogen-bond donors (Lipinski definition) is 1. The molecule has 29 heavy (non-hydrogen) atoms. The highest BCUT2D eigenvalue weighted by Gasteiger charge is 2.10. The molecule has 5 heteroatoms.